The predicted molar refractivity (Wildman–Crippen MR) is 97.7 cm³/mol. The summed E-state index contributed by atoms with van der Waals surface area (Å²) in [5, 5.41) is 12.5. The van der Waals surface area contributed by atoms with Gasteiger partial charge in [-0.15, -0.1) is 0 Å². The first-order valence-corrected chi connectivity index (χ1v) is 8.24. The van der Waals surface area contributed by atoms with Gasteiger partial charge in [0.1, 0.15) is 16.5 Å². The number of nitrogens with one attached hydrogen (secondary N) is 1. The molecule has 0 saturated heterocycles. The quantitative estimate of drug-likeness (QED) is 0.647. The molecule has 0 saturated carbocycles. The van der Waals surface area contributed by atoms with Crippen LogP contribution in [0.1, 0.15) is 18.1 Å². The van der Waals surface area contributed by atoms with Gasteiger partial charge in [0.15, 0.2) is 0 Å². The number of anilines is 2. The topological polar surface area (TPSA) is 69.6 Å². The largest absolute Gasteiger partial charge is 0.506 e. The number of halogens is 1. The average molecular weight is 357 g/mol. The Morgan fingerprint density at radius 3 is 2.40 bits per heavy atom. The Bertz CT molecular complexity index is 888. The van der Waals surface area contributed by atoms with Gasteiger partial charge in [-0.25, -0.2) is 4.90 Å². The number of aryl methyl sites for hydroxylation is 2. The van der Waals surface area contributed by atoms with E-state index >= 15 is 0 Å². The summed E-state index contributed by atoms with van der Waals surface area (Å²) < 4.78 is 0. The maximum absolute atomic E-state index is 12.7. The van der Waals surface area contributed by atoms with E-state index in [0.29, 0.717) is 11.4 Å². The zero-order chi connectivity index (χ0) is 18.1. The molecule has 0 aromatic heterocycles. The molecule has 2 aromatic rings. The lowest BCUT2D eigenvalue weighted by Crippen LogP contribution is -2.32. The summed E-state index contributed by atoms with van der Waals surface area (Å²) in [6, 6.07) is 12.1. The normalized spacial score (nSPS) is 14.4. The van der Waals surface area contributed by atoms with Gasteiger partial charge in [0.05, 0.1) is 11.4 Å². The number of imide groups is 1. The first-order valence-electron chi connectivity index (χ1n) is 7.86. The van der Waals surface area contributed by atoms with Gasteiger partial charge in [-0.1, -0.05) is 36.7 Å². The maximum Gasteiger partial charge on any atom is 0.283 e. The van der Waals surface area contributed by atoms with Crippen molar-refractivity contribution in [1.29, 1.82) is 0 Å². The van der Waals surface area contributed by atoms with Crippen LogP contribution in [0.5, 0.6) is 5.75 Å². The molecule has 2 aromatic carbocycles. The lowest BCUT2D eigenvalue weighted by atomic mass is 10.1. The summed E-state index contributed by atoms with van der Waals surface area (Å²) in [5.41, 5.74) is 2.71. The molecule has 3 rings (SSSR count). The number of benzene rings is 2. The highest BCUT2D eigenvalue weighted by molar-refractivity contribution is 6.53. The van der Waals surface area contributed by atoms with E-state index in [2.05, 4.69) is 5.32 Å². The van der Waals surface area contributed by atoms with E-state index in [1.54, 1.807) is 24.3 Å². The number of phenols is 1. The number of phenolic OH excluding ortho intramolecular Hbond substituents is 1. The van der Waals surface area contributed by atoms with E-state index in [4.69, 9.17) is 11.6 Å². The Labute approximate surface area is 150 Å². The van der Waals surface area contributed by atoms with Crippen molar-refractivity contribution in [1.82, 2.24) is 0 Å². The van der Waals surface area contributed by atoms with Crippen molar-refractivity contribution in [3.05, 3.63) is 64.3 Å². The van der Waals surface area contributed by atoms with Crippen LogP contribution in [0.25, 0.3) is 0 Å². The van der Waals surface area contributed by atoms with E-state index in [0.717, 1.165) is 22.4 Å². The van der Waals surface area contributed by atoms with Crippen LogP contribution in [0.15, 0.2) is 53.2 Å². The molecule has 0 bridgehead atoms. The SMILES string of the molecule is CCc1ccc(N2C(=O)C(Cl)=C(Nc3cc(C)ccc3O)C2=O)cc1. The van der Waals surface area contributed by atoms with Crippen LogP contribution in [0, 0.1) is 6.92 Å². The Balaban J connectivity index is 1.92. The molecule has 2 amide bonds. The molecule has 5 nitrogen and oxygen atoms in total. The van der Waals surface area contributed by atoms with Crippen LogP contribution in [-0.2, 0) is 16.0 Å². The predicted octanol–water partition coefficient (Wildman–Crippen LogP) is 3.70. The smallest absolute Gasteiger partial charge is 0.283 e. The van der Waals surface area contributed by atoms with E-state index in [1.807, 2.05) is 26.0 Å². The molecule has 6 heteroatoms. The molecule has 25 heavy (non-hydrogen) atoms. The molecule has 0 atom stereocenters. The fraction of sp³-hybridized carbons (Fsp3) is 0.158. The molecular weight excluding hydrogens is 340 g/mol. The van der Waals surface area contributed by atoms with Crippen LogP contribution in [0.4, 0.5) is 11.4 Å². The van der Waals surface area contributed by atoms with E-state index in [1.165, 1.54) is 6.07 Å². The average Bonchev–Trinajstić information content (AvgIpc) is 2.82. The molecule has 1 aliphatic heterocycles. The second-order valence-corrected chi connectivity index (χ2v) is 6.18. The number of amides is 2. The van der Waals surface area contributed by atoms with Crippen LogP contribution < -0.4 is 10.2 Å². The van der Waals surface area contributed by atoms with Crippen molar-refractivity contribution in [3.8, 4) is 5.75 Å². The van der Waals surface area contributed by atoms with E-state index in [9.17, 15) is 14.7 Å². The van der Waals surface area contributed by atoms with E-state index in [-0.39, 0.29) is 16.5 Å². The lowest BCUT2D eigenvalue weighted by molar-refractivity contribution is -0.120. The third-order valence-corrected chi connectivity index (χ3v) is 4.39. The number of rotatable bonds is 4. The zero-order valence-electron chi connectivity index (χ0n) is 13.8. The Hall–Kier alpha value is -2.79. The van der Waals surface area contributed by atoms with Gasteiger partial charge in [0.25, 0.3) is 11.8 Å². The Morgan fingerprint density at radius 2 is 1.76 bits per heavy atom. The number of nitrogens with zero attached hydrogens (tertiary/aromatic N) is 1. The molecule has 0 radical (unpaired) electrons. The van der Waals surface area contributed by atoms with Crippen LogP contribution >= 0.6 is 11.6 Å². The van der Waals surface area contributed by atoms with Crippen LogP contribution in [0.2, 0.25) is 0 Å². The molecule has 0 unspecified atom stereocenters. The second kappa shape index (κ2) is 6.61. The molecule has 1 aliphatic rings. The summed E-state index contributed by atoms with van der Waals surface area (Å²) in [6.07, 6.45) is 0.862. The minimum Gasteiger partial charge on any atom is -0.506 e. The van der Waals surface area contributed by atoms with Crippen molar-refractivity contribution in [2.24, 2.45) is 0 Å². The highest BCUT2D eigenvalue weighted by Gasteiger charge is 2.39. The van der Waals surface area contributed by atoms with Crippen molar-refractivity contribution < 1.29 is 14.7 Å². The van der Waals surface area contributed by atoms with Gasteiger partial charge in [-0.2, -0.15) is 0 Å². The molecular formula is C19H17ClN2O3. The van der Waals surface area contributed by atoms with Gasteiger partial charge in [0.2, 0.25) is 0 Å². The Kier molecular flexibility index (Phi) is 4.51. The first-order chi connectivity index (χ1) is 11.9. The fourth-order valence-electron chi connectivity index (χ4n) is 2.61. The van der Waals surface area contributed by atoms with Crippen LogP contribution in [-0.4, -0.2) is 16.9 Å². The van der Waals surface area contributed by atoms with Crippen molar-refractivity contribution in [2.45, 2.75) is 20.3 Å². The Morgan fingerprint density at radius 1 is 1.08 bits per heavy atom. The standard InChI is InChI=1S/C19H17ClN2O3/c1-3-12-5-7-13(8-6-12)22-18(24)16(20)17(19(22)25)21-14-10-11(2)4-9-15(14)23/h4-10,21,23H,3H2,1-2H3. The number of aromatic hydroxyl groups is 1. The monoisotopic (exact) mass is 356 g/mol. The number of hydrogen-bond acceptors (Lipinski definition) is 4. The highest BCUT2D eigenvalue weighted by Crippen LogP contribution is 2.33. The van der Waals surface area contributed by atoms with Gasteiger partial charge in [0, 0.05) is 0 Å². The fourth-order valence-corrected chi connectivity index (χ4v) is 2.82. The molecule has 0 fully saturated rings. The second-order valence-electron chi connectivity index (χ2n) is 5.80. The highest BCUT2D eigenvalue weighted by atomic mass is 35.5. The summed E-state index contributed by atoms with van der Waals surface area (Å²) in [5.74, 6) is -1.18. The van der Waals surface area contributed by atoms with Crippen molar-refractivity contribution in [2.75, 3.05) is 10.2 Å². The summed E-state index contributed by atoms with van der Waals surface area (Å²) in [6.45, 7) is 3.87. The molecule has 1 heterocycles. The molecule has 0 spiro atoms. The molecule has 0 aliphatic carbocycles. The van der Waals surface area contributed by atoms with Crippen LogP contribution in [0.3, 0.4) is 0 Å². The summed E-state index contributed by atoms with van der Waals surface area (Å²) in [4.78, 5) is 26.2. The minimum atomic E-state index is -0.592. The third-order valence-electron chi connectivity index (χ3n) is 4.04. The van der Waals surface area contributed by atoms with Crippen molar-refractivity contribution >= 4 is 34.8 Å². The van der Waals surface area contributed by atoms with Gasteiger partial charge < -0.3 is 10.4 Å². The zero-order valence-corrected chi connectivity index (χ0v) is 14.6. The van der Waals surface area contributed by atoms with Gasteiger partial charge in [-0.05, 0) is 48.7 Å². The number of hydrogen-bond donors (Lipinski definition) is 2. The lowest BCUT2D eigenvalue weighted by Gasteiger charge is -2.16. The number of carbonyl (C=O) groups is 2. The van der Waals surface area contributed by atoms with Gasteiger partial charge in [-0.3, -0.25) is 9.59 Å². The third kappa shape index (κ3) is 3.10. The first kappa shape index (κ1) is 17.0. The van der Waals surface area contributed by atoms with Crippen molar-refractivity contribution in [3.63, 3.8) is 0 Å². The summed E-state index contributed by atoms with van der Waals surface area (Å²) >= 11 is 6.09. The number of carbonyl (C=O) groups excluding carboxylic acids is 2. The molecule has 2 N–H and O–H groups in total. The molecule has 128 valence electrons. The van der Waals surface area contributed by atoms with E-state index < -0.39 is 11.8 Å². The maximum atomic E-state index is 12.7. The van der Waals surface area contributed by atoms with Gasteiger partial charge >= 0.3 is 0 Å². The minimum absolute atomic E-state index is 0.0337. The summed E-state index contributed by atoms with van der Waals surface area (Å²) in [7, 11) is 0.